The molecule has 0 spiro atoms. The Morgan fingerprint density at radius 3 is 2.14 bits per heavy atom. The van der Waals surface area contributed by atoms with E-state index in [1.54, 1.807) is 12.5 Å². The van der Waals surface area contributed by atoms with E-state index in [0.717, 1.165) is 36.8 Å². The number of Topliss-reactive ketones (excluding diaryl/α,β-unsaturated/α-hetero) is 2. The molecule has 0 aliphatic carbocycles. The predicted octanol–water partition coefficient (Wildman–Crippen LogP) is 6.88. The van der Waals surface area contributed by atoms with E-state index in [9.17, 15) is 9.59 Å². The van der Waals surface area contributed by atoms with Gasteiger partial charge in [-0.25, -0.2) is 0 Å². The van der Waals surface area contributed by atoms with E-state index in [1.807, 2.05) is 19.9 Å². The molecule has 1 heterocycles. The average molecular weight is 387 g/mol. The van der Waals surface area contributed by atoms with E-state index >= 15 is 0 Å². The highest BCUT2D eigenvalue weighted by molar-refractivity contribution is 5.81. The molecule has 0 aliphatic heterocycles. The molecular weight excluding hydrogens is 348 g/mol. The first-order valence-corrected chi connectivity index (χ1v) is 10.6. The summed E-state index contributed by atoms with van der Waals surface area (Å²) in [5, 5.41) is 0. The van der Waals surface area contributed by atoms with Gasteiger partial charge in [-0.1, -0.05) is 44.1 Å². The van der Waals surface area contributed by atoms with Gasteiger partial charge in [0.05, 0.1) is 12.5 Å². The number of furan rings is 1. The molecule has 1 atom stereocenters. The highest BCUT2D eigenvalue weighted by atomic mass is 16.3. The zero-order valence-corrected chi connectivity index (χ0v) is 18.4. The Balaban J connectivity index is 2.24. The zero-order valence-electron chi connectivity index (χ0n) is 18.4. The monoisotopic (exact) mass is 386 g/mol. The van der Waals surface area contributed by atoms with Gasteiger partial charge in [-0.2, -0.15) is 0 Å². The second-order valence-electron chi connectivity index (χ2n) is 8.69. The quantitative estimate of drug-likeness (QED) is 0.328. The molecular formula is C25H38O3. The summed E-state index contributed by atoms with van der Waals surface area (Å²) >= 11 is 0. The van der Waals surface area contributed by atoms with E-state index < -0.39 is 0 Å². The van der Waals surface area contributed by atoms with Crippen LogP contribution in [-0.4, -0.2) is 11.6 Å². The lowest BCUT2D eigenvalue weighted by Gasteiger charge is -2.10. The first kappa shape index (κ1) is 24.1. The number of rotatable bonds is 14. The summed E-state index contributed by atoms with van der Waals surface area (Å²) in [7, 11) is 0. The van der Waals surface area contributed by atoms with Gasteiger partial charge in [-0.15, -0.1) is 0 Å². The molecule has 1 rings (SSSR count). The van der Waals surface area contributed by atoms with E-state index in [4.69, 9.17) is 4.42 Å². The molecule has 1 aromatic heterocycles. The standard InChI is InChI=1S/C25H38O3/c1-19(2)14-24(26)15-20(3)8-6-9-21(4)16-25(27)17-22(5)10-7-11-23-12-13-28-18-23/h8,10,12-13,18-19,21H,6-7,9,11,14-17H2,1-5H3/b20-8+,22-10+/t21-/m0/s1. The molecule has 1 aromatic rings. The summed E-state index contributed by atoms with van der Waals surface area (Å²) < 4.78 is 5.07. The molecule has 3 heteroatoms. The molecule has 0 aromatic carbocycles. The normalized spacial score (nSPS) is 13.8. The number of carbonyl (C=O) groups excluding carboxylic acids is 2. The fraction of sp³-hybridized carbons (Fsp3) is 0.600. The highest BCUT2D eigenvalue weighted by Gasteiger charge is 2.10. The first-order valence-electron chi connectivity index (χ1n) is 10.6. The third-order valence-electron chi connectivity index (χ3n) is 4.82. The van der Waals surface area contributed by atoms with Gasteiger partial charge in [0, 0.05) is 25.7 Å². The van der Waals surface area contributed by atoms with Crippen LogP contribution < -0.4 is 0 Å². The Labute approximate surface area is 171 Å². The van der Waals surface area contributed by atoms with Crippen molar-refractivity contribution in [3.63, 3.8) is 0 Å². The van der Waals surface area contributed by atoms with Gasteiger partial charge in [-0.3, -0.25) is 9.59 Å². The minimum atomic E-state index is 0.317. The van der Waals surface area contributed by atoms with Crippen LogP contribution in [0.15, 0.2) is 46.3 Å². The van der Waals surface area contributed by atoms with Crippen molar-refractivity contribution in [3.05, 3.63) is 47.5 Å². The Morgan fingerprint density at radius 1 is 0.964 bits per heavy atom. The van der Waals surface area contributed by atoms with Gasteiger partial charge < -0.3 is 4.42 Å². The Kier molecular flexibility index (Phi) is 11.5. The smallest absolute Gasteiger partial charge is 0.137 e. The van der Waals surface area contributed by atoms with Crippen molar-refractivity contribution in [1.29, 1.82) is 0 Å². The first-order chi connectivity index (χ1) is 13.3. The van der Waals surface area contributed by atoms with Crippen LogP contribution >= 0.6 is 0 Å². The van der Waals surface area contributed by atoms with Crippen molar-refractivity contribution < 1.29 is 14.0 Å². The lowest BCUT2D eigenvalue weighted by atomic mass is 9.95. The lowest BCUT2D eigenvalue weighted by Crippen LogP contribution is -2.06. The number of allylic oxidation sites excluding steroid dienone is 4. The van der Waals surface area contributed by atoms with Gasteiger partial charge in [0.2, 0.25) is 0 Å². The molecule has 0 fully saturated rings. The Bertz CT molecular complexity index is 647. The largest absolute Gasteiger partial charge is 0.472 e. The van der Waals surface area contributed by atoms with Crippen LogP contribution in [0.2, 0.25) is 0 Å². The van der Waals surface area contributed by atoms with Crippen LogP contribution in [0.4, 0.5) is 0 Å². The van der Waals surface area contributed by atoms with E-state index in [-0.39, 0.29) is 0 Å². The third-order valence-corrected chi connectivity index (χ3v) is 4.82. The molecule has 0 unspecified atom stereocenters. The third kappa shape index (κ3) is 11.7. The van der Waals surface area contributed by atoms with Crippen LogP contribution in [0.5, 0.6) is 0 Å². The second kappa shape index (κ2) is 13.3. The van der Waals surface area contributed by atoms with Crippen LogP contribution in [0, 0.1) is 11.8 Å². The zero-order chi connectivity index (χ0) is 20.9. The predicted molar refractivity (Wildman–Crippen MR) is 116 cm³/mol. The maximum atomic E-state index is 12.3. The molecule has 0 saturated heterocycles. The van der Waals surface area contributed by atoms with Gasteiger partial charge in [0.1, 0.15) is 11.6 Å². The van der Waals surface area contributed by atoms with Crippen LogP contribution in [0.1, 0.15) is 85.1 Å². The summed E-state index contributed by atoms with van der Waals surface area (Å²) in [6.45, 7) is 10.4. The molecule has 0 bridgehead atoms. The van der Waals surface area contributed by atoms with Gasteiger partial charge in [0.15, 0.2) is 0 Å². The summed E-state index contributed by atoms with van der Waals surface area (Å²) in [4.78, 5) is 24.1. The van der Waals surface area contributed by atoms with Gasteiger partial charge in [0.25, 0.3) is 0 Å². The fourth-order valence-corrected chi connectivity index (χ4v) is 3.39. The van der Waals surface area contributed by atoms with Crippen molar-refractivity contribution in [2.24, 2.45) is 11.8 Å². The van der Waals surface area contributed by atoms with Crippen LogP contribution in [0.25, 0.3) is 0 Å². The number of hydrogen-bond donors (Lipinski definition) is 0. The molecule has 0 aliphatic rings. The summed E-state index contributed by atoms with van der Waals surface area (Å²) in [6, 6.07) is 1.98. The topological polar surface area (TPSA) is 47.3 Å². The van der Waals surface area contributed by atoms with E-state index in [1.165, 1.54) is 5.56 Å². The number of ketones is 2. The number of carbonyl (C=O) groups is 2. The molecule has 28 heavy (non-hydrogen) atoms. The van der Waals surface area contributed by atoms with Crippen LogP contribution in [-0.2, 0) is 16.0 Å². The number of hydrogen-bond acceptors (Lipinski definition) is 3. The second-order valence-corrected chi connectivity index (χ2v) is 8.69. The SMILES string of the molecule is C/C(=C\CC[C@H](C)CC(=O)C/C(C)=C/CCc1ccoc1)CC(=O)CC(C)C. The Hall–Kier alpha value is -1.90. The lowest BCUT2D eigenvalue weighted by molar-refractivity contribution is -0.120. The fourth-order valence-electron chi connectivity index (χ4n) is 3.39. The average Bonchev–Trinajstić information content (AvgIpc) is 3.06. The van der Waals surface area contributed by atoms with Crippen molar-refractivity contribution >= 4 is 11.6 Å². The van der Waals surface area contributed by atoms with Gasteiger partial charge >= 0.3 is 0 Å². The number of aryl methyl sites for hydroxylation is 1. The van der Waals surface area contributed by atoms with E-state index in [2.05, 4.69) is 32.9 Å². The molecule has 3 nitrogen and oxygen atoms in total. The molecule has 156 valence electrons. The van der Waals surface area contributed by atoms with Gasteiger partial charge in [-0.05, 0) is 63.0 Å². The molecule has 0 amide bonds. The minimum Gasteiger partial charge on any atom is -0.472 e. The van der Waals surface area contributed by atoms with Crippen molar-refractivity contribution in [3.8, 4) is 0 Å². The molecule has 0 N–H and O–H groups in total. The van der Waals surface area contributed by atoms with Crippen LogP contribution in [0.3, 0.4) is 0 Å². The maximum Gasteiger partial charge on any atom is 0.137 e. The minimum absolute atomic E-state index is 0.317. The van der Waals surface area contributed by atoms with E-state index in [0.29, 0.717) is 49.1 Å². The summed E-state index contributed by atoms with van der Waals surface area (Å²) in [5.41, 5.74) is 3.50. The summed E-state index contributed by atoms with van der Waals surface area (Å²) in [5.74, 6) is 1.44. The molecule has 0 saturated carbocycles. The highest BCUT2D eigenvalue weighted by Crippen LogP contribution is 2.17. The maximum absolute atomic E-state index is 12.3. The van der Waals surface area contributed by atoms with Crippen molar-refractivity contribution in [1.82, 2.24) is 0 Å². The Morgan fingerprint density at radius 2 is 1.57 bits per heavy atom. The summed E-state index contributed by atoms with van der Waals surface area (Å²) in [6.07, 6.45) is 14.0. The van der Waals surface area contributed by atoms with Crippen molar-refractivity contribution in [2.75, 3.05) is 0 Å². The molecule has 0 radical (unpaired) electrons. The van der Waals surface area contributed by atoms with Crippen molar-refractivity contribution in [2.45, 2.75) is 86.0 Å².